The fourth-order valence-corrected chi connectivity index (χ4v) is 3.39. The van der Waals surface area contributed by atoms with Crippen LogP contribution in [0.4, 0.5) is 10.5 Å². The van der Waals surface area contributed by atoms with E-state index in [2.05, 4.69) is 5.32 Å². The fourth-order valence-electron chi connectivity index (χ4n) is 2.71. The summed E-state index contributed by atoms with van der Waals surface area (Å²) >= 11 is 5.93. The first-order valence-corrected chi connectivity index (χ1v) is 10.1. The molecule has 2 amide bonds. The van der Waals surface area contributed by atoms with Crippen molar-refractivity contribution in [1.29, 1.82) is 0 Å². The highest BCUT2D eigenvalue weighted by Crippen LogP contribution is 2.35. The first kappa shape index (κ1) is 19.7. The second-order valence-corrected chi connectivity index (χ2v) is 8.04. The van der Waals surface area contributed by atoms with Crippen LogP contribution < -0.4 is 15.2 Å². The summed E-state index contributed by atoms with van der Waals surface area (Å²) in [6.07, 6.45) is 0.900. The number of nitrogens with two attached hydrogens (primary N) is 1. The third kappa shape index (κ3) is 4.10. The summed E-state index contributed by atoms with van der Waals surface area (Å²) in [5.41, 5.74) is 6.37. The first-order chi connectivity index (χ1) is 13.0. The van der Waals surface area contributed by atoms with E-state index in [4.69, 9.17) is 25.9 Å². The largest absolute Gasteiger partial charge is 0.450 e. The summed E-state index contributed by atoms with van der Waals surface area (Å²) in [6.45, 7) is 1.71. The Bertz CT molecular complexity index is 1220. The summed E-state index contributed by atoms with van der Waals surface area (Å²) in [6, 6.07) is 7.96. The third-order valence-corrected chi connectivity index (χ3v) is 4.53. The standard InChI is InChI=1S/C18H15ClN2O6S/c1-9-7-10(19)3-5-12(9)16(22)17-15(21-18(20)23)13-6-4-11(8-14(13)26-17)27-28(2,24)25/h3-8H,1-2H3,(H3,20,21,23). The number of rotatable bonds is 5. The number of amides is 2. The molecule has 28 heavy (non-hydrogen) atoms. The Labute approximate surface area is 165 Å². The number of nitrogens with one attached hydrogen (secondary N) is 1. The Balaban J connectivity index is 2.16. The van der Waals surface area contributed by atoms with Crippen LogP contribution in [0, 0.1) is 6.92 Å². The van der Waals surface area contributed by atoms with Crippen molar-refractivity contribution >= 4 is 50.2 Å². The van der Waals surface area contributed by atoms with Gasteiger partial charge < -0.3 is 19.7 Å². The molecule has 3 rings (SSSR count). The maximum Gasteiger partial charge on any atom is 0.316 e. The van der Waals surface area contributed by atoms with Crippen LogP contribution in [0.1, 0.15) is 21.7 Å². The van der Waals surface area contributed by atoms with E-state index in [0.29, 0.717) is 21.5 Å². The van der Waals surface area contributed by atoms with Crippen molar-refractivity contribution in [2.24, 2.45) is 5.73 Å². The number of furan rings is 1. The van der Waals surface area contributed by atoms with E-state index < -0.39 is 21.9 Å². The quantitative estimate of drug-likeness (QED) is 0.478. The second-order valence-electron chi connectivity index (χ2n) is 6.03. The molecule has 1 aromatic heterocycles. The van der Waals surface area contributed by atoms with Gasteiger partial charge in [-0.25, -0.2) is 4.79 Å². The van der Waals surface area contributed by atoms with E-state index in [1.54, 1.807) is 25.1 Å². The third-order valence-electron chi connectivity index (χ3n) is 3.80. The molecule has 0 saturated carbocycles. The van der Waals surface area contributed by atoms with Crippen LogP contribution >= 0.6 is 11.6 Å². The smallest absolute Gasteiger partial charge is 0.316 e. The van der Waals surface area contributed by atoms with Gasteiger partial charge in [0.15, 0.2) is 5.76 Å². The number of anilines is 1. The summed E-state index contributed by atoms with van der Waals surface area (Å²) in [5.74, 6) is -0.661. The highest BCUT2D eigenvalue weighted by molar-refractivity contribution is 7.86. The van der Waals surface area contributed by atoms with Gasteiger partial charge in [-0.05, 0) is 42.8 Å². The normalized spacial score (nSPS) is 11.4. The molecule has 0 bridgehead atoms. The van der Waals surface area contributed by atoms with Gasteiger partial charge in [0, 0.05) is 22.0 Å². The number of ketones is 1. The van der Waals surface area contributed by atoms with Gasteiger partial charge in [0.1, 0.15) is 17.0 Å². The average Bonchev–Trinajstić information content (AvgIpc) is 2.90. The Morgan fingerprint density at radius 1 is 1.18 bits per heavy atom. The minimum Gasteiger partial charge on any atom is -0.450 e. The van der Waals surface area contributed by atoms with Gasteiger partial charge >= 0.3 is 16.1 Å². The minimum atomic E-state index is -3.75. The molecular formula is C18H15ClN2O6S. The van der Waals surface area contributed by atoms with Gasteiger partial charge in [-0.1, -0.05) is 11.6 Å². The highest BCUT2D eigenvalue weighted by atomic mass is 35.5. The molecule has 8 nitrogen and oxygen atoms in total. The lowest BCUT2D eigenvalue weighted by atomic mass is 10.0. The molecule has 0 spiro atoms. The molecule has 0 aliphatic rings. The molecule has 0 radical (unpaired) electrons. The monoisotopic (exact) mass is 422 g/mol. The minimum absolute atomic E-state index is 0.00366. The summed E-state index contributed by atoms with van der Waals surface area (Å²) in [4.78, 5) is 24.4. The van der Waals surface area contributed by atoms with Gasteiger partial charge in [-0.15, -0.1) is 0 Å². The number of carbonyl (C=O) groups excluding carboxylic acids is 2. The molecule has 0 atom stereocenters. The van der Waals surface area contributed by atoms with E-state index in [1.807, 2.05) is 0 Å². The molecule has 3 aromatic rings. The van der Waals surface area contributed by atoms with E-state index in [9.17, 15) is 18.0 Å². The van der Waals surface area contributed by atoms with Gasteiger partial charge in [-0.3, -0.25) is 4.79 Å². The van der Waals surface area contributed by atoms with E-state index in [-0.39, 0.29) is 22.8 Å². The second kappa shape index (κ2) is 7.17. The van der Waals surface area contributed by atoms with Crippen LogP contribution in [0.25, 0.3) is 11.0 Å². The molecule has 1 heterocycles. The number of carbonyl (C=O) groups is 2. The molecule has 2 aromatic carbocycles. The molecular weight excluding hydrogens is 408 g/mol. The highest BCUT2D eigenvalue weighted by Gasteiger charge is 2.24. The van der Waals surface area contributed by atoms with Crippen LogP contribution in [0.15, 0.2) is 40.8 Å². The predicted molar refractivity (Wildman–Crippen MR) is 105 cm³/mol. The number of halogens is 1. The van der Waals surface area contributed by atoms with Gasteiger partial charge in [-0.2, -0.15) is 8.42 Å². The van der Waals surface area contributed by atoms with Gasteiger partial charge in [0.05, 0.1) is 6.26 Å². The van der Waals surface area contributed by atoms with Crippen LogP contribution in [0.2, 0.25) is 5.02 Å². The lowest BCUT2D eigenvalue weighted by Crippen LogP contribution is -2.20. The van der Waals surface area contributed by atoms with Gasteiger partial charge in [0.25, 0.3) is 0 Å². The number of benzene rings is 2. The van der Waals surface area contributed by atoms with Crippen molar-refractivity contribution in [2.75, 3.05) is 11.6 Å². The lowest BCUT2D eigenvalue weighted by molar-refractivity contribution is 0.101. The topological polar surface area (TPSA) is 129 Å². The average molecular weight is 423 g/mol. The van der Waals surface area contributed by atoms with Crippen LogP contribution in [0.3, 0.4) is 0 Å². The summed E-state index contributed by atoms with van der Waals surface area (Å²) in [7, 11) is -3.75. The van der Waals surface area contributed by atoms with Crippen molar-refractivity contribution in [2.45, 2.75) is 6.92 Å². The number of hydrogen-bond donors (Lipinski definition) is 2. The van der Waals surface area contributed by atoms with Crippen LogP contribution in [-0.2, 0) is 10.1 Å². The Morgan fingerprint density at radius 3 is 2.50 bits per heavy atom. The zero-order valence-electron chi connectivity index (χ0n) is 14.8. The Morgan fingerprint density at radius 2 is 1.89 bits per heavy atom. The zero-order chi connectivity index (χ0) is 20.6. The van der Waals surface area contributed by atoms with E-state index in [1.165, 1.54) is 18.2 Å². The lowest BCUT2D eigenvalue weighted by Gasteiger charge is -2.06. The predicted octanol–water partition coefficient (Wildman–Crippen LogP) is 3.45. The zero-order valence-corrected chi connectivity index (χ0v) is 16.3. The molecule has 0 aliphatic carbocycles. The van der Waals surface area contributed by atoms with Crippen LogP contribution in [-0.4, -0.2) is 26.5 Å². The number of urea groups is 1. The fraction of sp³-hybridized carbons (Fsp3) is 0.111. The number of hydrogen-bond acceptors (Lipinski definition) is 6. The molecule has 0 saturated heterocycles. The first-order valence-electron chi connectivity index (χ1n) is 7.88. The molecule has 3 N–H and O–H groups in total. The maximum atomic E-state index is 13.0. The van der Waals surface area contributed by atoms with Crippen molar-refractivity contribution in [1.82, 2.24) is 0 Å². The van der Waals surface area contributed by atoms with Crippen molar-refractivity contribution in [3.8, 4) is 5.75 Å². The molecule has 146 valence electrons. The number of fused-ring (bicyclic) bond motifs is 1. The molecule has 0 fully saturated rings. The van der Waals surface area contributed by atoms with E-state index >= 15 is 0 Å². The Kier molecular flexibility index (Phi) is 5.05. The maximum absolute atomic E-state index is 13.0. The van der Waals surface area contributed by atoms with Crippen LogP contribution in [0.5, 0.6) is 5.75 Å². The summed E-state index contributed by atoms with van der Waals surface area (Å²) in [5, 5.41) is 3.21. The molecule has 0 aliphatic heterocycles. The molecule has 0 unspecified atom stereocenters. The van der Waals surface area contributed by atoms with Crippen molar-refractivity contribution < 1.29 is 26.6 Å². The molecule has 10 heteroatoms. The SMILES string of the molecule is Cc1cc(Cl)ccc1C(=O)c1oc2cc(OS(C)(=O)=O)ccc2c1NC(N)=O. The van der Waals surface area contributed by atoms with Gasteiger partial charge in [0.2, 0.25) is 5.78 Å². The van der Waals surface area contributed by atoms with Crippen molar-refractivity contribution in [3.63, 3.8) is 0 Å². The summed E-state index contributed by atoms with van der Waals surface area (Å²) < 4.78 is 33.1. The number of aryl methyl sites for hydroxylation is 1. The Hall–Kier alpha value is -3.04. The van der Waals surface area contributed by atoms with E-state index in [0.717, 1.165) is 6.26 Å². The van der Waals surface area contributed by atoms with Crippen molar-refractivity contribution in [3.05, 3.63) is 58.3 Å². The number of primary amides is 1.